The molecule has 4 rings (SSSR count). The largest absolute Gasteiger partial charge is 0.361 e. The van der Waals surface area contributed by atoms with Gasteiger partial charge in [-0.2, -0.15) is 0 Å². The lowest BCUT2D eigenvalue weighted by Gasteiger charge is -2.32. The van der Waals surface area contributed by atoms with Gasteiger partial charge in [0, 0.05) is 31.3 Å². The van der Waals surface area contributed by atoms with Gasteiger partial charge in [-0.05, 0) is 56.0 Å². The maximum Gasteiger partial charge on any atom is 0.276 e. The molecule has 8 heteroatoms. The first-order valence-electron chi connectivity index (χ1n) is 10.6. The molecule has 1 aliphatic heterocycles. The molecule has 1 unspecified atom stereocenters. The van der Waals surface area contributed by atoms with Crippen LogP contribution in [0, 0.1) is 25.6 Å². The maximum absolute atomic E-state index is 13.5. The number of likely N-dealkylation sites (tertiary alicyclic amines) is 1. The lowest BCUT2D eigenvalue weighted by Crippen LogP contribution is -2.44. The van der Waals surface area contributed by atoms with Crippen molar-refractivity contribution in [3.05, 3.63) is 82.8 Å². The van der Waals surface area contributed by atoms with Crippen molar-refractivity contribution in [2.75, 3.05) is 13.1 Å². The number of rotatable bonds is 5. The molecule has 1 N–H and O–H groups in total. The Hall–Kier alpha value is -3.55. The lowest BCUT2D eigenvalue weighted by molar-refractivity contribution is -0.126. The second-order valence-electron chi connectivity index (χ2n) is 8.09. The summed E-state index contributed by atoms with van der Waals surface area (Å²) in [4.78, 5) is 31.9. The van der Waals surface area contributed by atoms with Crippen LogP contribution in [0.4, 0.5) is 4.39 Å². The van der Waals surface area contributed by atoms with Crippen LogP contribution in [-0.2, 0) is 4.79 Å². The van der Waals surface area contributed by atoms with Gasteiger partial charge in [0.25, 0.3) is 5.91 Å². The molecule has 2 amide bonds. The van der Waals surface area contributed by atoms with Gasteiger partial charge < -0.3 is 14.7 Å². The van der Waals surface area contributed by atoms with Gasteiger partial charge in [-0.1, -0.05) is 23.4 Å². The minimum absolute atomic E-state index is 0.103. The highest BCUT2D eigenvalue weighted by Gasteiger charge is 2.31. The smallest absolute Gasteiger partial charge is 0.276 e. The Morgan fingerprint density at radius 1 is 1.16 bits per heavy atom. The molecule has 3 aromatic rings. The third-order valence-electron chi connectivity index (χ3n) is 5.81. The molecule has 2 aromatic heterocycles. The van der Waals surface area contributed by atoms with Crippen molar-refractivity contribution in [3.8, 4) is 0 Å². The number of piperidine rings is 1. The molecule has 166 valence electrons. The van der Waals surface area contributed by atoms with Crippen molar-refractivity contribution in [1.29, 1.82) is 0 Å². The Morgan fingerprint density at radius 3 is 2.50 bits per heavy atom. The van der Waals surface area contributed by atoms with Gasteiger partial charge in [-0.15, -0.1) is 0 Å². The van der Waals surface area contributed by atoms with E-state index in [1.54, 1.807) is 36.2 Å². The fourth-order valence-electron chi connectivity index (χ4n) is 4.00. The van der Waals surface area contributed by atoms with Gasteiger partial charge >= 0.3 is 0 Å². The summed E-state index contributed by atoms with van der Waals surface area (Å²) in [6.45, 7) is 4.60. The van der Waals surface area contributed by atoms with Crippen LogP contribution in [0.25, 0.3) is 0 Å². The number of benzene rings is 1. The van der Waals surface area contributed by atoms with Crippen LogP contribution in [0.3, 0.4) is 0 Å². The quantitative estimate of drug-likeness (QED) is 0.660. The van der Waals surface area contributed by atoms with E-state index in [0.717, 1.165) is 16.8 Å². The van der Waals surface area contributed by atoms with E-state index in [9.17, 15) is 14.0 Å². The third kappa shape index (κ3) is 4.69. The third-order valence-corrected chi connectivity index (χ3v) is 5.81. The van der Waals surface area contributed by atoms with Gasteiger partial charge in [-0.3, -0.25) is 14.6 Å². The second-order valence-corrected chi connectivity index (χ2v) is 8.09. The van der Waals surface area contributed by atoms with Crippen molar-refractivity contribution in [3.63, 3.8) is 0 Å². The summed E-state index contributed by atoms with van der Waals surface area (Å²) < 4.78 is 18.5. The zero-order valence-electron chi connectivity index (χ0n) is 18.0. The first-order chi connectivity index (χ1) is 15.4. The number of nitrogens with zero attached hydrogens (tertiary/aromatic N) is 3. The minimum atomic E-state index is -0.484. The van der Waals surface area contributed by atoms with E-state index in [0.29, 0.717) is 31.7 Å². The molecule has 0 aliphatic carbocycles. The number of aryl methyl sites for hydroxylation is 2. The first kappa shape index (κ1) is 21.7. The van der Waals surface area contributed by atoms with Crippen LogP contribution >= 0.6 is 0 Å². The fourth-order valence-corrected chi connectivity index (χ4v) is 4.00. The summed E-state index contributed by atoms with van der Waals surface area (Å²) in [5, 5.41) is 6.89. The van der Waals surface area contributed by atoms with Gasteiger partial charge in [-0.25, -0.2) is 4.39 Å². The molecule has 32 heavy (non-hydrogen) atoms. The van der Waals surface area contributed by atoms with E-state index in [2.05, 4.69) is 15.5 Å². The molecule has 0 bridgehead atoms. The highest BCUT2D eigenvalue weighted by molar-refractivity contribution is 5.92. The van der Waals surface area contributed by atoms with Gasteiger partial charge in [0.05, 0.1) is 11.7 Å². The number of hydrogen-bond acceptors (Lipinski definition) is 5. The Morgan fingerprint density at radius 2 is 1.88 bits per heavy atom. The van der Waals surface area contributed by atoms with E-state index < -0.39 is 6.04 Å². The number of carbonyl (C=O) groups excluding carboxylic acids is 2. The number of pyridine rings is 1. The monoisotopic (exact) mass is 436 g/mol. The van der Waals surface area contributed by atoms with Crippen molar-refractivity contribution >= 4 is 11.8 Å². The number of carbonyl (C=O) groups is 2. The fraction of sp³-hybridized carbons (Fsp3) is 0.333. The molecule has 1 saturated heterocycles. The first-order valence-corrected chi connectivity index (χ1v) is 10.6. The molecule has 1 fully saturated rings. The normalized spacial score (nSPS) is 15.4. The Bertz CT molecular complexity index is 1100. The Kier molecular flexibility index (Phi) is 6.30. The summed E-state index contributed by atoms with van der Waals surface area (Å²) in [5.74, 6) is -0.275. The number of halogens is 1. The van der Waals surface area contributed by atoms with Crippen LogP contribution in [-0.4, -0.2) is 39.9 Å². The average molecular weight is 436 g/mol. The molecule has 0 saturated carbocycles. The lowest BCUT2D eigenvalue weighted by atomic mass is 9.93. The van der Waals surface area contributed by atoms with Crippen LogP contribution in [0.1, 0.15) is 52.0 Å². The summed E-state index contributed by atoms with van der Waals surface area (Å²) >= 11 is 0. The topological polar surface area (TPSA) is 88.3 Å². The predicted molar refractivity (Wildman–Crippen MR) is 115 cm³/mol. The average Bonchev–Trinajstić information content (AvgIpc) is 3.24. The molecule has 1 aliphatic rings. The Balaban J connectivity index is 1.45. The van der Waals surface area contributed by atoms with Gasteiger partial charge in [0.15, 0.2) is 5.69 Å². The number of nitrogens with one attached hydrogen (secondary N) is 1. The summed E-state index contributed by atoms with van der Waals surface area (Å²) in [7, 11) is 0. The van der Waals surface area contributed by atoms with Crippen molar-refractivity contribution in [1.82, 2.24) is 20.4 Å². The van der Waals surface area contributed by atoms with E-state index in [1.165, 1.54) is 12.1 Å². The van der Waals surface area contributed by atoms with Crippen LogP contribution in [0.15, 0.2) is 53.2 Å². The predicted octanol–water partition coefficient (Wildman–Crippen LogP) is 3.58. The van der Waals surface area contributed by atoms with Crippen molar-refractivity contribution in [2.45, 2.75) is 32.7 Å². The van der Waals surface area contributed by atoms with Crippen molar-refractivity contribution < 1.29 is 18.5 Å². The highest BCUT2D eigenvalue weighted by Crippen LogP contribution is 2.26. The summed E-state index contributed by atoms with van der Waals surface area (Å²) in [6, 6.07) is 11.0. The number of aromatic nitrogens is 2. The molecular weight excluding hydrogens is 411 g/mol. The van der Waals surface area contributed by atoms with Crippen LogP contribution in [0.2, 0.25) is 0 Å². The van der Waals surface area contributed by atoms with E-state index in [1.807, 2.05) is 19.1 Å². The van der Waals surface area contributed by atoms with Crippen molar-refractivity contribution in [2.24, 2.45) is 5.92 Å². The SMILES string of the molecule is Cc1cc(C(=O)N2CCC(C(=O)NC(c3ccc(F)cc3)c3ncccc3C)CC2)no1. The van der Waals surface area contributed by atoms with Crippen LogP contribution < -0.4 is 5.32 Å². The molecule has 1 atom stereocenters. The molecule has 0 radical (unpaired) electrons. The van der Waals surface area contributed by atoms with E-state index >= 15 is 0 Å². The highest BCUT2D eigenvalue weighted by atomic mass is 19.1. The Labute approximate surface area is 185 Å². The van der Waals surface area contributed by atoms with Gasteiger partial charge in [0.1, 0.15) is 11.6 Å². The zero-order chi connectivity index (χ0) is 22.7. The molecule has 1 aromatic carbocycles. The molecular formula is C24H25FN4O3. The number of amides is 2. The van der Waals surface area contributed by atoms with E-state index in [-0.39, 0.29) is 29.2 Å². The summed E-state index contributed by atoms with van der Waals surface area (Å²) in [6.07, 6.45) is 2.78. The van der Waals surface area contributed by atoms with Crippen LogP contribution in [0.5, 0.6) is 0 Å². The van der Waals surface area contributed by atoms with Gasteiger partial charge in [0.2, 0.25) is 5.91 Å². The molecule has 3 heterocycles. The maximum atomic E-state index is 13.5. The summed E-state index contributed by atoms with van der Waals surface area (Å²) in [5.41, 5.74) is 2.70. The standard InChI is InChI=1S/C24H25FN4O3/c1-15-4-3-11-26-21(15)22(17-5-7-19(25)8-6-17)27-23(30)18-9-12-29(13-10-18)24(31)20-14-16(2)32-28-20/h3-8,11,14,18,22H,9-10,12-13H2,1-2H3,(H,27,30). The minimum Gasteiger partial charge on any atom is -0.361 e. The zero-order valence-corrected chi connectivity index (χ0v) is 18.0. The molecule has 7 nitrogen and oxygen atoms in total. The molecule has 0 spiro atoms. The second kappa shape index (κ2) is 9.30. The number of hydrogen-bond donors (Lipinski definition) is 1. The van der Waals surface area contributed by atoms with E-state index in [4.69, 9.17) is 4.52 Å².